The van der Waals surface area contributed by atoms with E-state index in [9.17, 15) is 14.7 Å². The topological polar surface area (TPSA) is 72.5 Å². The highest BCUT2D eigenvalue weighted by atomic mass is 16.4. The molecule has 1 aliphatic heterocycles. The van der Waals surface area contributed by atoms with Crippen LogP contribution in [0.1, 0.15) is 12.8 Å². The van der Waals surface area contributed by atoms with Crippen LogP contribution in [-0.4, -0.2) is 30.0 Å². The first-order chi connectivity index (χ1) is 8.66. The standard InChI is InChI=1S/C13H16N2O3/c16-12(17)10-5-4-8-15(9-10)13(18)14-11-6-2-1-3-7-11/h1-3,6-7,10H,4-5,8-9H2,(H,14,18)(H,16,17)/p-1/t10-/m1/s1. The molecule has 18 heavy (non-hydrogen) atoms. The van der Waals surface area contributed by atoms with Crippen LogP contribution in [0.2, 0.25) is 0 Å². The Balaban J connectivity index is 1.95. The molecule has 0 bridgehead atoms. The molecule has 1 saturated heterocycles. The Morgan fingerprint density at radius 1 is 1.28 bits per heavy atom. The molecule has 0 spiro atoms. The minimum atomic E-state index is -1.08. The monoisotopic (exact) mass is 247 g/mol. The first kappa shape index (κ1) is 12.4. The summed E-state index contributed by atoms with van der Waals surface area (Å²) in [5.41, 5.74) is 0.707. The molecule has 1 atom stereocenters. The van der Waals surface area contributed by atoms with E-state index in [-0.39, 0.29) is 12.6 Å². The van der Waals surface area contributed by atoms with Crippen LogP contribution in [0.3, 0.4) is 0 Å². The van der Waals surface area contributed by atoms with Crippen molar-refractivity contribution in [2.45, 2.75) is 12.8 Å². The summed E-state index contributed by atoms with van der Waals surface area (Å²) in [7, 11) is 0. The van der Waals surface area contributed by atoms with Gasteiger partial charge in [0, 0.05) is 30.7 Å². The highest BCUT2D eigenvalue weighted by Gasteiger charge is 2.24. The van der Waals surface area contributed by atoms with Crippen LogP contribution in [0.15, 0.2) is 30.3 Å². The van der Waals surface area contributed by atoms with Gasteiger partial charge in [-0.2, -0.15) is 0 Å². The van der Waals surface area contributed by atoms with Crippen molar-refractivity contribution in [2.24, 2.45) is 5.92 Å². The van der Waals surface area contributed by atoms with E-state index in [2.05, 4.69) is 5.32 Å². The third-order valence-electron chi connectivity index (χ3n) is 3.07. The smallest absolute Gasteiger partial charge is 0.321 e. The summed E-state index contributed by atoms with van der Waals surface area (Å²) in [4.78, 5) is 24.3. The maximum Gasteiger partial charge on any atom is 0.321 e. The number of carboxylic acid groups (broad SMARTS) is 1. The second-order valence-electron chi connectivity index (χ2n) is 4.40. The normalized spacial score (nSPS) is 19.3. The fourth-order valence-electron chi connectivity index (χ4n) is 2.08. The maximum atomic E-state index is 11.9. The molecular formula is C13H15N2O3-. The lowest BCUT2D eigenvalue weighted by Crippen LogP contribution is -2.47. The number of carboxylic acids is 1. The quantitative estimate of drug-likeness (QED) is 0.835. The molecule has 1 aromatic rings. The summed E-state index contributed by atoms with van der Waals surface area (Å²) in [5, 5.41) is 13.6. The Hall–Kier alpha value is -2.04. The number of anilines is 1. The number of aliphatic carboxylic acids is 1. The molecule has 2 rings (SSSR count). The van der Waals surface area contributed by atoms with E-state index >= 15 is 0 Å². The molecule has 1 aliphatic rings. The van der Waals surface area contributed by atoms with E-state index in [0.29, 0.717) is 25.1 Å². The summed E-state index contributed by atoms with van der Waals surface area (Å²) in [6, 6.07) is 8.84. The number of carbonyl (C=O) groups excluding carboxylic acids is 2. The van der Waals surface area contributed by atoms with Gasteiger partial charge in [-0.3, -0.25) is 0 Å². The van der Waals surface area contributed by atoms with Gasteiger partial charge in [-0.25, -0.2) is 4.79 Å². The van der Waals surface area contributed by atoms with E-state index < -0.39 is 11.9 Å². The Morgan fingerprint density at radius 2 is 2.00 bits per heavy atom. The predicted molar refractivity (Wildman–Crippen MR) is 64.8 cm³/mol. The Morgan fingerprint density at radius 3 is 2.67 bits per heavy atom. The largest absolute Gasteiger partial charge is 0.550 e. The molecule has 1 heterocycles. The van der Waals surface area contributed by atoms with Gasteiger partial charge in [0.1, 0.15) is 0 Å². The van der Waals surface area contributed by atoms with Crippen molar-refractivity contribution in [1.82, 2.24) is 4.90 Å². The average Bonchev–Trinajstić information content (AvgIpc) is 2.40. The fraction of sp³-hybridized carbons (Fsp3) is 0.385. The number of nitrogens with zero attached hydrogens (tertiary/aromatic N) is 1. The van der Waals surface area contributed by atoms with Crippen molar-refractivity contribution in [3.63, 3.8) is 0 Å². The lowest BCUT2D eigenvalue weighted by atomic mass is 9.99. The molecule has 0 unspecified atom stereocenters. The van der Waals surface area contributed by atoms with Crippen molar-refractivity contribution in [1.29, 1.82) is 0 Å². The van der Waals surface area contributed by atoms with Gasteiger partial charge in [-0.1, -0.05) is 18.2 Å². The van der Waals surface area contributed by atoms with Crippen LogP contribution in [0, 0.1) is 5.92 Å². The second kappa shape index (κ2) is 5.53. The van der Waals surface area contributed by atoms with Gasteiger partial charge >= 0.3 is 6.03 Å². The van der Waals surface area contributed by atoms with Crippen LogP contribution >= 0.6 is 0 Å². The number of benzene rings is 1. The number of para-hydroxylation sites is 1. The van der Waals surface area contributed by atoms with Gasteiger partial charge in [-0.15, -0.1) is 0 Å². The van der Waals surface area contributed by atoms with Gasteiger partial charge in [0.05, 0.1) is 0 Å². The highest BCUT2D eigenvalue weighted by Crippen LogP contribution is 2.17. The molecule has 0 aromatic heterocycles. The number of urea groups is 1. The van der Waals surface area contributed by atoms with Crippen molar-refractivity contribution >= 4 is 17.7 Å². The van der Waals surface area contributed by atoms with Gasteiger partial charge in [0.25, 0.3) is 0 Å². The van der Waals surface area contributed by atoms with Gasteiger partial charge in [0.2, 0.25) is 0 Å². The second-order valence-corrected chi connectivity index (χ2v) is 4.40. The summed E-state index contributed by atoms with van der Waals surface area (Å²) in [5.74, 6) is -1.63. The van der Waals surface area contributed by atoms with Gasteiger partial charge < -0.3 is 20.1 Å². The molecule has 5 nitrogen and oxygen atoms in total. The van der Waals surface area contributed by atoms with Crippen LogP contribution in [0.5, 0.6) is 0 Å². The Labute approximate surface area is 105 Å². The molecule has 0 saturated carbocycles. The molecule has 2 amide bonds. The van der Waals surface area contributed by atoms with Crippen molar-refractivity contribution < 1.29 is 14.7 Å². The third kappa shape index (κ3) is 3.00. The minimum absolute atomic E-state index is 0.223. The average molecular weight is 247 g/mol. The number of nitrogens with one attached hydrogen (secondary N) is 1. The molecule has 0 radical (unpaired) electrons. The van der Waals surface area contributed by atoms with E-state index in [0.717, 1.165) is 0 Å². The third-order valence-corrected chi connectivity index (χ3v) is 3.07. The van der Waals surface area contributed by atoms with Crippen molar-refractivity contribution in [3.05, 3.63) is 30.3 Å². The SMILES string of the molecule is O=C([O-])[C@@H]1CCCN(C(=O)Nc2ccccc2)C1. The molecule has 96 valence electrons. The summed E-state index contributed by atoms with van der Waals surface area (Å²) in [6.45, 7) is 0.809. The van der Waals surface area contributed by atoms with Crippen LogP contribution in [0.4, 0.5) is 10.5 Å². The van der Waals surface area contributed by atoms with Crippen molar-refractivity contribution in [3.8, 4) is 0 Å². The molecular weight excluding hydrogens is 232 g/mol. The molecule has 1 aromatic carbocycles. The number of hydrogen-bond donors (Lipinski definition) is 1. The number of carbonyl (C=O) groups is 2. The summed E-state index contributed by atoms with van der Waals surface area (Å²) < 4.78 is 0. The zero-order valence-electron chi connectivity index (χ0n) is 9.96. The van der Waals surface area contributed by atoms with Crippen LogP contribution < -0.4 is 10.4 Å². The summed E-state index contributed by atoms with van der Waals surface area (Å²) in [6.07, 6.45) is 1.28. The number of piperidine rings is 1. The summed E-state index contributed by atoms with van der Waals surface area (Å²) >= 11 is 0. The van der Waals surface area contributed by atoms with Crippen molar-refractivity contribution in [2.75, 3.05) is 18.4 Å². The lowest BCUT2D eigenvalue weighted by Gasteiger charge is -2.33. The maximum absolute atomic E-state index is 11.9. The molecule has 1 fully saturated rings. The molecule has 0 aliphatic carbocycles. The number of hydrogen-bond acceptors (Lipinski definition) is 3. The minimum Gasteiger partial charge on any atom is -0.550 e. The fourth-order valence-corrected chi connectivity index (χ4v) is 2.08. The van der Waals surface area contributed by atoms with E-state index in [4.69, 9.17) is 0 Å². The first-order valence-corrected chi connectivity index (χ1v) is 5.98. The Kier molecular flexibility index (Phi) is 3.82. The lowest BCUT2D eigenvalue weighted by molar-refractivity contribution is -0.312. The number of amides is 2. The zero-order valence-corrected chi connectivity index (χ0v) is 9.96. The Bertz CT molecular complexity index is 433. The first-order valence-electron chi connectivity index (χ1n) is 5.98. The number of rotatable bonds is 2. The van der Waals surface area contributed by atoms with E-state index in [1.807, 2.05) is 18.2 Å². The van der Waals surface area contributed by atoms with Crippen LogP contribution in [-0.2, 0) is 4.79 Å². The van der Waals surface area contributed by atoms with Gasteiger partial charge in [-0.05, 0) is 25.0 Å². The number of likely N-dealkylation sites (tertiary alicyclic amines) is 1. The van der Waals surface area contributed by atoms with Crippen LogP contribution in [0.25, 0.3) is 0 Å². The van der Waals surface area contributed by atoms with E-state index in [1.54, 1.807) is 12.1 Å². The zero-order chi connectivity index (χ0) is 13.0. The molecule has 1 N–H and O–H groups in total. The molecule has 5 heteroatoms. The predicted octanol–water partition coefficient (Wildman–Crippen LogP) is 0.680. The highest BCUT2D eigenvalue weighted by molar-refractivity contribution is 5.89. The van der Waals surface area contributed by atoms with E-state index in [1.165, 1.54) is 4.90 Å². The van der Waals surface area contributed by atoms with Gasteiger partial charge in [0.15, 0.2) is 0 Å².